The molecule has 3 heterocycles. The fourth-order valence-electron chi connectivity index (χ4n) is 3.28. The molecular formula is C19H24N4O. The van der Waals surface area contributed by atoms with Gasteiger partial charge in [0, 0.05) is 48.6 Å². The quantitative estimate of drug-likeness (QED) is 0.850. The van der Waals surface area contributed by atoms with Gasteiger partial charge in [0.2, 0.25) is 5.91 Å². The first-order chi connectivity index (χ1) is 11.5. The molecule has 0 spiro atoms. The smallest absolute Gasteiger partial charge is 0.227 e. The van der Waals surface area contributed by atoms with Crippen LogP contribution in [0.2, 0.25) is 0 Å². The van der Waals surface area contributed by atoms with Crippen LogP contribution in [0.4, 0.5) is 0 Å². The molecule has 24 heavy (non-hydrogen) atoms. The maximum atomic E-state index is 12.6. The zero-order chi connectivity index (χ0) is 17.2. The van der Waals surface area contributed by atoms with Gasteiger partial charge in [0.25, 0.3) is 0 Å². The molecule has 2 aromatic rings. The van der Waals surface area contributed by atoms with Crippen LogP contribution in [-0.2, 0) is 4.79 Å². The average Bonchev–Trinajstić information content (AvgIpc) is 2.61. The number of aromatic nitrogens is 3. The van der Waals surface area contributed by atoms with Crippen LogP contribution in [0.5, 0.6) is 0 Å². The Morgan fingerprint density at radius 1 is 1.21 bits per heavy atom. The molecule has 1 aliphatic rings. The lowest BCUT2D eigenvalue weighted by Crippen LogP contribution is -2.44. The minimum absolute atomic E-state index is 0.215. The van der Waals surface area contributed by atoms with Crippen molar-refractivity contribution < 1.29 is 4.79 Å². The van der Waals surface area contributed by atoms with Crippen LogP contribution >= 0.6 is 0 Å². The maximum Gasteiger partial charge on any atom is 0.227 e. The number of likely N-dealkylation sites (tertiary alicyclic amines) is 1. The zero-order valence-corrected chi connectivity index (χ0v) is 14.6. The highest BCUT2D eigenvalue weighted by Crippen LogP contribution is 2.33. The van der Waals surface area contributed by atoms with Crippen LogP contribution in [0.1, 0.15) is 45.2 Å². The topological polar surface area (TPSA) is 59.0 Å². The van der Waals surface area contributed by atoms with Gasteiger partial charge >= 0.3 is 0 Å². The standard InChI is InChI=1S/C19H24N4O/c1-19(2,3)18(24)23-10-4-5-15(12-23)17-16(11-21-13-22-17)14-6-8-20-9-7-14/h6-9,11,13,15H,4-5,10,12H2,1-3H3/t15-/m1/s1. The van der Waals surface area contributed by atoms with E-state index in [1.165, 1.54) is 0 Å². The zero-order valence-electron chi connectivity index (χ0n) is 14.6. The normalized spacial score (nSPS) is 18.5. The molecule has 0 aliphatic carbocycles. The number of piperidine rings is 1. The third kappa shape index (κ3) is 3.45. The van der Waals surface area contributed by atoms with Gasteiger partial charge in [-0.2, -0.15) is 0 Å². The van der Waals surface area contributed by atoms with Gasteiger partial charge in [-0.15, -0.1) is 0 Å². The van der Waals surface area contributed by atoms with E-state index < -0.39 is 0 Å². The third-order valence-electron chi connectivity index (χ3n) is 4.47. The molecule has 5 heteroatoms. The molecule has 0 aromatic carbocycles. The molecule has 2 aromatic heterocycles. The molecule has 1 atom stereocenters. The Morgan fingerprint density at radius 2 is 1.96 bits per heavy atom. The number of pyridine rings is 1. The molecule has 1 amide bonds. The van der Waals surface area contributed by atoms with Gasteiger partial charge < -0.3 is 4.90 Å². The molecule has 1 saturated heterocycles. The summed E-state index contributed by atoms with van der Waals surface area (Å²) in [5.41, 5.74) is 2.79. The summed E-state index contributed by atoms with van der Waals surface area (Å²) in [5, 5.41) is 0. The number of amides is 1. The van der Waals surface area contributed by atoms with Gasteiger partial charge in [0.05, 0.1) is 5.69 Å². The predicted molar refractivity (Wildman–Crippen MR) is 93.3 cm³/mol. The van der Waals surface area contributed by atoms with Crippen molar-refractivity contribution in [1.82, 2.24) is 19.9 Å². The van der Waals surface area contributed by atoms with Crippen molar-refractivity contribution in [2.75, 3.05) is 13.1 Å². The Balaban J connectivity index is 1.89. The molecule has 5 nitrogen and oxygen atoms in total. The predicted octanol–water partition coefficient (Wildman–Crippen LogP) is 3.29. The lowest BCUT2D eigenvalue weighted by atomic mass is 9.88. The SMILES string of the molecule is CC(C)(C)C(=O)N1CCC[C@@H](c2ncncc2-c2ccncc2)C1. The van der Waals surface area contributed by atoms with Crippen molar-refractivity contribution in [3.63, 3.8) is 0 Å². The summed E-state index contributed by atoms with van der Waals surface area (Å²) in [6.45, 7) is 7.50. The Kier molecular flexibility index (Phi) is 4.60. The Bertz CT molecular complexity index is 709. The lowest BCUT2D eigenvalue weighted by molar-refractivity contribution is -0.140. The van der Waals surface area contributed by atoms with Crippen LogP contribution in [0.3, 0.4) is 0 Å². The van der Waals surface area contributed by atoms with Crippen molar-refractivity contribution in [1.29, 1.82) is 0 Å². The third-order valence-corrected chi connectivity index (χ3v) is 4.47. The minimum Gasteiger partial charge on any atom is -0.342 e. The number of nitrogens with zero attached hydrogens (tertiary/aromatic N) is 4. The van der Waals surface area contributed by atoms with Gasteiger partial charge in [0.1, 0.15) is 6.33 Å². The Morgan fingerprint density at radius 3 is 2.67 bits per heavy atom. The highest BCUT2D eigenvalue weighted by atomic mass is 16.2. The maximum absolute atomic E-state index is 12.6. The van der Waals surface area contributed by atoms with Crippen molar-refractivity contribution in [3.8, 4) is 11.1 Å². The fraction of sp³-hybridized carbons (Fsp3) is 0.474. The Labute approximate surface area is 143 Å². The summed E-state index contributed by atoms with van der Waals surface area (Å²) in [6.07, 6.45) is 9.08. The highest BCUT2D eigenvalue weighted by molar-refractivity contribution is 5.81. The van der Waals surface area contributed by atoms with E-state index in [1.807, 2.05) is 44.0 Å². The lowest BCUT2D eigenvalue weighted by Gasteiger charge is -2.36. The average molecular weight is 324 g/mol. The van der Waals surface area contributed by atoms with E-state index in [1.54, 1.807) is 18.7 Å². The first-order valence-corrected chi connectivity index (χ1v) is 8.46. The minimum atomic E-state index is -0.346. The first kappa shape index (κ1) is 16.6. The molecule has 1 aliphatic heterocycles. The highest BCUT2D eigenvalue weighted by Gasteiger charge is 2.32. The summed E-state index contributed by atoms with van der Waals surface area (Å²) < 4.78 is 0. The molecule has 0 bridgehead atoms. The molecule has 0 N–H and O–H groups in total. The molecular weight excluding hydrogens is 300 g/mol. The van der Waals surface area contributed by atoms with Crippen molar-refractivity contribution in [2.24, 2.45) is 5.41 Å². The van der Waals surface area contributed by atoms with Gasteiger partial charge in [0.15, 0.2) is 0 Å². The van der Waals surface area contributed by atoms with Crippen molar-refractivity contribution >= 4 is 5.91 Å². The molecule has 3 rings (SSSR count). The Hall–Kier alpha value is -2.30. The summed E-state index contributed by atoms with van der Waals surface area (Å²) in [7, 11) is 0. The van der Waals surface area contributed by atoms with E-state index in [2.05, 4.69) is 15.0 Å². The largest absolute Gasteiger partial charge is 0.342 e. The second-order valence-electron chi connectivity index (χ2n) is 7.40. The van der Waals surface area contributed by atoms with Crippen LogP contribution < -0.4 is 0 Å². The number of hydrogen-bond donors (Lipinski definition) is 0. The summed E-state index contributed by atoms with van der Waals surface area (Å²) >= 11 is 0. The van der Waals surface area contributed by atoms with E-state index in [-0.39, 0.29) is 17.2 Å². The van der Waals surface area contributed by atoms with Gasteiger partial charge in [-0.05, 0) is 30.5 Å². The molecule has 126 valence electrons. The fourth-order valence-corrected chi connectivity index (χ4v) is 3.28. The van der Waals surface area contributed by atoms with Gasteiger partial charge in [-0.3, -0.25) is 9.78 Å². The van der Waals surface area contributed by atoms with Crippen LogP contribution in [0.25, 0.3) is 11.1 Å². The second-order valence-corrected chi connectivity index (χ2v) is 7.40. The summed E-state index contributed by atoms with van der Waals surface area (Å²) in [4.78, 5) is 27.5. The molecule has 0 saturated carbocycles. The van der Waals surface area contributed by atoms with E-state index in [4.69, 9.17) is 0 Å². The van der Waals surface area contributed by atoms with Crippen LogP contribution in [0.15, 0.2) is 37.1 Å². The van der Waals surface area contributed by atoms with E-state index in [9.17, 15) is 4.79 Å². The summed E-state index contributed by atoms with van der Waals surface area (Å²) in [6, 6.07) is 3.95. The van der Waals surface area contributed by atoms with Crippen LogP contribution in [0, 0.1) is 5.41 Å². The summed E-state index contributed by atoms with van der Waals surface area (Å²) in [5.74, 6) is 0.461. The monoisotopic (exact) mass is 324 g/mol. The molecule has 0 radical (unpaired) electrons. The van der Waals surface area contributed by atoms with Crippen molar-refractivity contribution in [2.45, 2.75) is 39.5 Å². The van der Waals surface area contributed by atoms with Gasteiger partial charge in [-0.1, -0.05) is 20.8 Å². The second kappa shape index (κ2) is 6.67. The molecule has 0 unspecified atom stereocenters. The van der Waals surface area contributed by atoms with Crippen LogP contribution in [-0.4, -0.2) is 38.8 Å². The number of carbonyl (C=O) groups is 1. The number of carbonyl (C=O) groups excluding carboxylic acids is 1. The van der Waals surface area contributed by atoms with E-state index in [0.717, 1.165) is 42.8 Å². The molecule has 1 fully saturated rings. The first-order valence-electron chi connectivity index (χ1n) is 8.46. The van der Waals surface area contributed by atoms with E-state index >= 15 is 0 Å². The van der Waals surface area contributed by atoms with E-state index in [0.29, 0.717) is 0 Å². The van der Waals surface area contributed by atoms with Gasteiger partial charge in [-0.25, -0.2) is 9.97 Å². The van der Waals surface area contributed by atoms with Crippen molar-refractivity contribution in [3.05, 3.63) is 42.7 Å². The number of rotatable bonds is 2. The number of hydrogen-bond acceptors (Lipinski definition) is 4.